The zero-order valence-electron chi connectivity index (χ0n) is 22.4. The van der Waals surface area contributed by atoms with E-state index in [1.165, 1.54) is 5.57 Å². The van der Waals surface area contributed by atoms with E-state index in [1.54, 1.807) is 0 Å². The molecule has 2 aromatic rings. The Balaban J connectivity index is 1.31. The molecule has 0 aromatic heterocycles. The van der Waals surface area contributed by atoms with Gasteiger partial charge >= 0.3 is 11.9 Å². The molecule has 0 unspecified atom stereocenters. The lowest BCUT2D eigenvalue weighted by Gasteiger charge is -2.49. The van der Waals surface area contributed by atoms with Gasteiger partial charge in [-0.25, -0.2) is 0 Å². The molecule has 1 saturated heterocycles. The molecule has 1 aliphatic heterocycles. The van der Waals surface area contributed by atoms with Gasteiger partial charge in [-0.2, -0.15) is 0 Å². The minimum Gasteiger partial charge on any atom is -0.481 e. The van der Waals surface area contributed by atoms with Crippen LogP contribution in [0.1, 0.15) is 50.2 Å². The molecule has 6 nitrogen and oxygen atoms in total. The second-order valence-electron chi connectivity index (χ2n) is 12.8. The van der Waals surface area contributed by atoms with Crippen molar-refractivity contribution in [2.75, 3.05) is 0 Å². The van der Waals surface area contributed by atoms with Gasteiger partial charge in [0.1, 0.15) is 17.1 Å². The van der Waals surface area contributed by atoms with Crippen molar-refractivity contribution < 1.29 is 28.9 Å². The summed E-state index contributed by atoms with van der Waals surface area (Å²) < 4.78 is 19.7. The number of aliphatic carboxylic acids is 1. The predicted molar refractivity (Wildman–Crippen MR) is 143 cm³/mol. The van der Waals surface area contributed by atoms with Crippen LogP contribution in [-0.4, -0.2) is 34.9 Å². The first kappa shape index (κ1) is 25.0. The van der Waals surface area contributed by atoms with Crippen molar-refractivity contribution in [1.82, 2.24) is 0 Å². The van der Waals surface area contributed by atoms with Crippen molar-refractivity contribution in [2.24, 2.45) is 34.5 Å². The average molecular weight is 529 g/mol. The second kappa shape index (κ2) is 8.77. The second-order valence-corrected chi connectivity index (χ2v) is 12.8. The Morgan fingerprint density at radius 1 is 1.00 bits per heavy atom. The van der Waals surface area contributed by atoms with Crippen molar-refractivity contribution >= 4 is 11.9 Å². The first-order valence-corrected chi connectivity index (χ1v) is 14.2. The van der Waals surface area contributed by atoms with Crippen molar-refractivity contribution in [3.05, 3.63) is 83.9 Å². The van der Waals surface area contributed by atoms with Gasteiger partial charge < -0.3 is 19.3 Å². The monoisotopic (exact) mass is 528 g/mol. The van der Waals surface area contributed by atoms with Crippen LogP contribution in [0.5, 0.6) is 0 Å². The highest BCUT2D eigenvalue weighted by Gasteiger charge is 2.84. The fourth-order valence-electron chi connectivity index (χ4n) is 9.65. The number of ether oxygens (including phenoxy) is 3. The number of benzene rings is 2. The summed E-state index contributed by atoms with van der Waals surface area (Å²) in [4.78, 5) is 27.1. The molecule has 1 N–H and O–H groups in total. The summed E-state index contributed by atoms with van der Waals surface area (Å²) in [5.41, 5.74) is 0.773. The van der Waals surface area contributed by atoms with Gasteiger partial charge in [0.2, 0.25) is 0 Å². The molecule has 0 amide bonds. The molecule has 4 saturated carbocycles. The maximum absolute atomic E-state index is 14.0. The van der Waals surface area contributed by atoms with Crippen molar-refractivity contribution in [2.45, 2.75) is 70.1 Å². The zero-order valence-corrected chi connectivity index (χ0v) is 22.4. The van der Waals surface area contributed by atoms with Gasteiger partial charge in [0.25, 0.3) is 0 Å². The van der Waals surface area contributed by atoms with E-state index in [0.717, 1.165) is 30.4 Å². The van der Waals surface area contributed by atoms with Crippen molar-refractivity contribution in [1.29, 1.82) is 0 Å². The van der Waals surface area contributed by atoms with Crippen LogP contribution in [0.15, 0.2) is 72.8 Å². The molecular formula is C33H36O6. The Hall–Kier alpha value is -2.96. The number of carbonyl (C=O) groups is 2. The van der Waals surface area contributed by atoms with Crippen LogP contribution in [0.2, 0.25) is 0 Å². The van der Waals surface area contributed by atoms with Gasteiger partial charge in [-0.1, -0.05) is 72.8 Å². The number of carbonyl (C=O) groups excluding carboxylic acids is 1. The fraction of sp³-hybridized carbons (Fsp3) is 0.515. The Morgan fingerprint density at radius 2 is 1.64 bits per heavy atom. The molecule has 7 rings (SSSR count). The third-order valence-electron chi connectivity index (χ3n) is 11.0. The number of allylic oxidation sites excluding steroid dienone is 1. The Labute approximate surface area is 229 Å². The summed E-state index contributed by atoms with van der Waals surface area (Å²) >= 11 is 0. The van der Waals surface area contributed by atoms with Gasteiger partial charge in [-0.3, -0.25) is 9.59 Å². The zero-order chi connectivity index (χ0) is 27.0. The summed E-state index contributed by atoms with van der Waals surface area (Å²) in [6.07, 6.45) is 2.78. The van der Waals surface area contributed by atoms with E-state index in [9.17, 15) is 14.7 Å². The molecule has 1 spiro atoms. The first-order chi connectivity index (χ1) is 18.8. The van der Waals surface area contributed by atoms with E-state index in [4.69, 9.17) is 14.2 Å². The lowest BCUT2D eigenvalue weighted by Crippen LogP contribution is -2.60. The minimum atomic E-state index is -1.14. The quantitative estimate of drug-likeness (QED) is 0.375. The molecule has 5 aliphatic rings. The molecular weight excluding hydrogens is 492 g/mol. The number of esters is 1. The number of carboxylic acids is 1. The highest BCUT2D eigenvalue weighted by molar-refractivity contribution is 5.85. The third-order valence-corrected chi connectivity index (χ3v) is 11.0. The van der Waals surface area contributed by atoms with Crippen molar-refractivity contribution in [3.8, 4) is 0 Å². The molecule has 9 atom stereocenters. The molecule has 2 aromatic carbocycles. The van der Waals surface area contributed by atoms with E-state index in [2.05, 4.69) is 6.58 Å². The van der Waals surface area contributed by atoms with E-state index in [1.807, 2.05) is 67.6 Å². The minimum absolute atomic E-state index is 0.0183. The largest absolute Gasteiger partial charge is 0.481 e. The highest BCUT2D eigenvalue weighted by Crippen LogP contribution is 2.78. The van der Waals surface area contributed by atoms with Crippen LogP contribution in [0, 0.1) is 34.5 Å². The van der Waals surface area contributed by atoms with Gasteiger partial charge in [-0.15, -0.1) is 0 Å². The normalized spacial score (nSPS) is 41.7. The van der Waals surface area contributed by atoms with Crippen LogP contribution in [0.4, 0.5) is 0 Å². The lowest BCUT2D eigenvalue weighted by atomic mass is 9.58. The molecule has 6 heteroatoms. The van der Waals surface area contributed by atoms with Gasteiger partial charge in [0, 0.05) is 18.3 Å². The number of fused-ring (bicyclic) bond motifs is 1. The van der Waals surface area contributed by atoms with Crippen LogP contribution >= 0.6 is 0 Å². The average Bonchev–Trinajstić information content (AvgIpc) is 3.39. The summed E-state index contributed by atoms with van der Waals surface area (Å²) in [5.74, 6) is -1.97. The Morgan fingerprint density at radius 3 is 2.28 bits per heavy atom. The smallest absolute Gasteiger partial charge is 0.315 e. The SMILES string of the molecule is C=C1C[C@]23C[C@H]1CC[C@H]2[C@@]12C[C@@H](OCc4ccccc4)[C@H](OCc4ccccc4)[C@@](C)(C(=O)O1)[C@H]2[C@@H]3C(=O)O. The lowest BCUT2D eigenvalue weighted by molar-refractivity contribution is -0.191. The van der Waals surface area contributed by atoms with Crippen LogP contribution in [0.3, 0.4) is 0 Å². The maximum atomic E-state index is 14.0. The van der Waals surface area contributed by atoms with E-state index < -0.39 is 46.4 Å². The number of carboxylic acid groups (broad SMARTS) is 1. The summed E-state index contributed by atoms with van der Waals surface area (Å²) in [6, 6.07) is 19.9. The van der Waals surface area contributed by atoms with Gasteiger partial charge in [0.15, 0.2) is 0 Å². The first-order valence-electron chi connectivity index (χ1n) is 14.2. The fourth-order valence-corrected chi connectivity index (χ4v) is 9.65. The molecule has 0 radical (unpaired) electrons. The summed E-state index contributed by atoms with van der Waals surface area (Å²) in [7, 11) is 0. The molecule has 5 fully saturated rings. The number of hydrogen-bond donors (Lipinski definition) is 1. The van der Waals surface area contributed by atoms with Crippen LogP contribution in [-0.2, 0) is 37.0 Å². The van der Waals surface area contributed by atoms with Crippen LogP contribution in [0.25, 0.3) is 0 Å². The standard InChI is InChI=1S/C33H36O6/c1-20-15-32-16-23(20)13-14-25(32)33-17-24(37-18-21-9-5-3-6-10-21)28(38-19-22-11-7-4-8-12-22)31(2,30(36)39-33)27(33)26(32)29(34)35/h3-12,23-28H,1,13-19H2,2H3,(H,34,35)/t23-,24-,25-,26-,27-,28+,31+,32+,33-/m1/s1. The molecule has 4 bridgehead atoms. The van der Waals surface area contributed by atoms with Gasteiger partial charge in [-0.05, 0) is 55.1 Å². The number of hydrogen-bond acceptors (Lipinski definition) is 5. The number of rotatable bonds is 7. The predicted octanol–water partition coefficient (Wildman–Crippen LogP) is 5.56. The topological polar surface area (TPSA) is 82.1 Å². The van der Waals surface area contributed by atoms with Gasteiger partial charge in [0.05, 0.1) is 25.2 Å². The molecule has 4 aliphatic carbocycles. The van der Waals surface area contributed by atoms with Crippen molar-refractivity contribution in [3.63, 3.8) is 0 Å². The molecule has 39 heavy (non-hydrogen) atoms. The van der Waals surface area contributed by atoms with E-state index >= 15 is 0 Å². The van der Waals surface area contributed by atoms with Crippen LogP contribution < -0.4 is 0 Å². The summed E-state index contributed by atoms with van der Waals surface area (Å²) in [6.45, 7) is 6.95. The van der Waals surface area contributed by atoms with E-state index in [-0.39, 0.29) is 11.9 Å². The Kier molecular flexibility index (Phi) is 5.63. The highest BCUT2D eigenvalue weighted by atomic mass is 16.6. The molecule has 204 valence electrons. The Bertz CT molecular complexity index is 1310. The summed E-state index contributed by atoms with van der Waals surface area (Å²) in [5, 5.41) is 10.8. The third kappa shape index (κ3) is 3.40. The van der Waals surface area contributed by atoms with E-state index in [0.29, 0.717) is 32.0 Å². The molecule has 1 heterocycles. The maximum Gasteiger partial charge on any atom is 0.315 e.